The summed E-state index contributed by atoms with van der Waals surface area (Å²) in [6.45, 7) is 8.63. The molecule has 0 saturated heterocycles. The van der Waals surface area contributed by atoms with Gasteiger partial charge in [0.15, 0.2) is 0 Å². The van der Waals surface area contributed by atoms with Gasteiger partial charge in [0.1, 0.15) is 6.04 Å². The number of nitrogens with two attached hydrogens (primary N) is 1. The maximum Gasteiger partial charge on any atom is 0.236 e. The molecule has 1 aromatic carbocycles. The van der Waals surface area contributed by atoms with Gasteiger partial charge in [-0.3, -0.25) is 4.79 Å². The van der Waals surface area contributed by atoms with Crippen molar-refractivity contribution in [3.8, 4) is 0 Å². The molecule has 5 heteroatoms. The van der Waals surface area contributed by atoms with Crippen LogP contribution in [0.15, 0.2) is 18.5 Å². The third kappa shape index (κ3) is 2.99. The summed E-state index contributed by atoms with van der Waals surface area (Å²) < 4.78 is 1.98. The zero-order valence-corrected chi connectivity index (χ0v) is 12.5. The van der Waals surface area contributed by atoms with E-state index in [0.717, 1.165) is 11.0 Å². The molecule has 1 amide bonds. The molecule has 0 aliphatic carbocycles. The number of rotatable bonds is 5. The fraction of sp³-hybridized carbons (Fsp3) is 0.467. The van der Waals surface area contributed by atoms with Gasteiger partial charge in [0.05, 0.1) is 17.4 Å². The van der Waals surface area contributed by atoms with E-state index in [0.29, 0.717) is 6.54 Å². The predicted octanol–water partition coefficient (Wildman–Crippen LogP) is 1.51. The van der Waals surface area contributed by atoms with E-state index in [4.69, 9.17) is 5.73 Å². The molecule has 0 fully saturated rings. The van der Waals surface area contributed by atoms with Crippen LogP contribution < -0.4 is 11.1 Å². The molecule has 108 valence electrons. The van der Waals surface area contributed by atoms with Crippen LogP contribution in [0.25, 0.3) is 11.0 Å². The number of hydrogen-bond acceptors (Lipinski definition) is 3. The molecule has 1 aromatic heterocycles. The molecular weight excluding hydrogens is 252 g/mol. The largest absolute Gasteiger partial charge is 0.368 e. The van der Waals surface area contributed by atoms with Gasteiger partial charge in [-0.25, -0.2) is 4.98 Å². The molecule has 0 aliphatic rings. The van der Waals surface area contributed by atoms with Crippen molar-refractivity contribution in [3.63, 3.8) is 0 Å². The Morgan fingerprint density at radius 3 is 2.60 bits per heavy atom. The summed E-state index contributed by atoms with van der Waals surface area (Å²) in [5, 5.41) is 3.19. The SMILES string of the molecule is Cc1cc2ncn(CC(NC(C)C)C(N)=O)c2cc1C. The Morgan fingerprint density at radius 2 is 2.00 bits per heavy atom. The quantitative estimate of drug-likeness (QED) is 0.868. The fourth-order valence-electron chi connectivity index (χ4n) is 2.28. The smallest absolute Gasteiger partial charge is 0.236 e. The molecule has 1 unspecified atom stereocenters. The van der Waals surface area contributed by atoms with Crippen molar-refractivity contribution < 1.29 is 4.79 Å². The van der Waals surface area contributed by atoms with Gasteiger partial charge in [-0.05, 0) is 37.1 Å². The molecule has 0 aliphatic heterocycles. The second-order valence-corrected chi connectivity index (χ2v) is 5.60. The average molecular weight is 274 g/mol. The highest BCUT2D eigenvalue weighted by Gasteiger charge is 2.18. The van der Waals surface area contributed by atoms with Gasteiger partial charge in [0.25, 0.3) is 0 Å². The molecule has 1 atom stereocenters. The van der Waals surface area contributed by atoms with Gasteiger partial charge in [0.2, 0.25) is 5.91 Å². The Kier molecular flexibility index (Phi) is 4.09. The molecule has 0 spiro atoms. The lowest BCUT2D eigenvalue weighted by molar-refractivity contribution is -0.120. The molecule has 20 heavy (non-hydrogen) atoms. The number of nitrogens with one attached hydrogen (secondary N) is 1. The fourth-order valence-corrected chi connectivity index (χ4v) is 2.28. The summed E-state index contributed by atoms with van der Waals surface area (Å²) >= 11 is 0. The van der Waals surface area contributed by atoms with Crippen LogP contribution in [-0.2, 0) is 11.3 Å². The van der Waals surface area contributed by atoms with E-state index >= 15 is 0 Å². The van der Waals surface area contributed by atoms with E-state index in [9.17, 15) is 4.79 Å². The van der Waals surface area contributed by atoms with Crippen molar-refractivity contribution in [1.29, 1.82) is 0 Å². The second-order valence-electron chi connectivity index (χ2n) is 5.60. The van der Waals surface area contributed by atoms with Gasteiger partial charge in [-0.1, -0.05) is 13.8 Å². The van der Waals surface area contributed by atoms with E-state index in [1.54, 1.807) is 6.33 Å². The zero-order valence-electron chi connectivity index (χ0n) is 12.5. The van der Waals surface area contributed by atoms with Gasteiger partial charge in [-0.2, -0.15) is 0 Å². The summed E-state index contributed by atoms with van der Waals surface area (Å²) in [4.78, 5) is 15.9. The van der Waals surface area contributed by atoms with E-state index < -0.39 is 6.04 Å². The van der Waals surface area contributed by atoms with Gasteiger partial charge in [0, 0.05) is 12.6 Å². The molecule has 5 nitrogen and oxygen atoms in total. The lowest BCUT2D eigenvalue weighted by atomic mass is 10.1. The first-order valence-corrected chi connectivity index (χ1v) is 6.86. The Balaban J connectivity index is 2.33. The number of nitrogens with zero attached hydrogens (tertiary/aromatic N) is 2. The summed E-state index contributed by atoms with van der Waals surface area (Å²) in [7, 11) is 0. The highest BCUT2D eigenvalue weighted by Crippen LogP contribution is 2.18. The third-order valence-corrected chi connectivity index (χ3v) is 3.49. The van der Waals surface area contributed by atoms with Crippen LogP contribution in [0.2, 0.25) is 0 Å². The van der Waals surface area contributed by atoms with Crippen molar-refractivity contribution >= 4 is 16.9 Å². The maximum atomic E-state index is 11.5. The number of primary amides is 1. The van der Waals surface area contributed by atoms with E-state index in [2.05, 4.69) is 36.3 Å². The maximum absolute atomic E-state index is 11.5. The van der Waals surface area contributed by atoms with Crippen LogP contribution in [0.1, 0.15) is 25.0 Å². The number of hydrogen-bond donors (Lipinski definition) is 2. The number of aryl methyl sites for hydroxylation is 2. The first-order valence-electron chi connectivity index (χ1n) is 6.86. The highest BCUT2D eigenvalue weighted by molar-refractivity contribution is 5.81. The summed E-state index contributed by atoms with van der Waals surface area (Å²) in [5.74, 6) is -0.343. The van der Waals surface area contributed by atoms with Gasteiger partial charge >= 0.3 is 0 Å². The Bertz CT molecular complexity index is 630. The molecule has 2 aromatic rings. The Hall–Kier alpha value is -1.88. The highest BCUT2D eigenvalue weighted by atomic mass is 16.1. The number of carbonyl (C=O) groups excluding carboxylic acids is 1. The minimum Gasteiger partial charge on any atom is -0.368 e. The molecule has 1 heterocycles. The first-order chi connectivity index (χ1) is 9.38. The molecule has 0 radical (unpaired) electrons. The predicted molar refractivity (Wildman–Crippen MR) is 80.5 cm³/mol. The standard InChI is InChI=1S/C15H22N4O/c1-9(2)18-13(15(16)20)7-19-8-17-12-5-10(3)11(4)6-14(12)19/h5-6,8-9,13,18H,7H2,1-4H3,(H2,16,20). The summed E-state index contributed by atoms with van der Waals surface area (Å²) in [6.07, 6.45) is 1.77. The van der Waals surface area contributed by atoms with E-state index in [1.807, 2.05) is 18.4 Å². The van der Waals surface area contributed by atoms with Crippen LogP contribution >= 0.6 is 0 Å². The molecule has 3 N–H and O–H groups in total. The minimum absolute atomic E-state index is 0.200. The minimum atomic E-state index is -0.394. The Labute approximate surface area is 119 Å². The monoisotopic (exact) mass is 274 g/mol. The van der Waals surface area contributed by atoms with Gasteiger partial charge in [-0.15, -0.1) is 0 Å². The summed E-state index contributed by atoms with van der Waals surface area (Å²) in [5.41, 5.74) is 9.87. The number of carbonyl (C=O) groups is 1. The lowest BCUT2D eigenvalue weighted by Crippen LogP contribution is -2.47. The van der Waals surface area contributed by atoms with E-state index in [1.165, 1.54) is 11.1 Å². The van der Waals surface area contributed by atoms with E-state index in [-0.39, 0.29) is 11.9 Å². The lowest BCUT2D eigenvalue weighted by Gasteiger charge is -2.19. The number of benzene rings is 1. The molecule has 2 rings (SSSR count). The third-order valence-electron chi connectivity index (χ3n) is 3.49. The van der Waals surface area contributed by atoms with Crippen molar-refractivity contribution in [3.05, 3.63) is 29.6 Å². The van der Waals surface area contributed by atoms with Crippen LogP contribution in [-0.4, -0.2) is 27.5 Å². The number of imidazole rings is 1. The van der Waals surface area contributed by atoms with Crippen molar-refractivity contribution in [2.24, 2.45) is 5.73 Å². The average Bonchev–Trinajstić information content (AvgIpc) is 2.71. The van der Waals surface area contributed by atoms with Crippen LogP contribution in [0.4, 0.5) is 0 Å². The number of aromatic nitrogens is 2. The number of amides is 1. The second kappa shape index (κ2) is 5.63. The van der Waals surface area contributed by atoms with Crippen LogP contribution in [0, 0.1) is 13.8 Å². The molecular formula is C15H22N4O. The molecule has 0 saturated carbocycles. The van der Waals surface area contributed by atoms with Gasteiger partial charge < -0.3 is 15.6 Å². The topological polar surface area (TPSA) is 72.9 Å². The molecule has 0 bridgehead atoms. The van der Waals surface area contributed by atoms with Crippen molar-refractivity contribution in [1.82, 2.24) is 14.9 Å². The normalized spacial score (nSPS) is 13.1. The first kappa shape index (κ1) is 14.5. The van der Waals surface area contributed by atoms with Crippen molar-refractivity contribution in [2.75, 3.05) is 0 Å². The van der Waals surface area contributed by atoms with Crippen LogP contribution in [0.3, 0.4) is 0 Å². The van der Waals surface area contributed by atoms with Crippen molar-refractivity contribution in [2.45, 2.75) is 46.3 Å². The zero-order chi connectivity index (χ0) is 14.9. The van der Waals surface area contributed by atoms with Crippen LogP contribution in [0.5, 0.6) is 0 Å². The Morgan fingerprint density at radius 1 is 1.35 bits per heavy atom. The summed E-state index contributed by atoms with van der Waals surface area (Å²) in [6, 6.07) is 3.97. The number of fused-ring (bicyclic) bond motifs is 1.